The molecule has 0 aromatic heterocycles. The first kappa shape index (κ1) is 28.0. The fraction of sp³-hybridized carbons (Fsp3) is 0.364. The lowest BCUT2D eigenvalue weighted by Crippen LogP contribution is -2.26. The average Bonchev–Trinajstić information content (AvgIpc) is 3.29. The predicted octanol–water partition coefficient (Wildman–Crippen LogP) is 7.60. The van der Waals surface area contributed by atoms with Gasteiger partial charge < -0.3 is 9.84 Å². The van der Waals surface area contributed by atoms with Crippen LogP contribution in [0.15, 0.2) is 66.7 Å². The molecule has 0 saturated carbocycles. The van der Waals surface area contributed by atoms with Crippen LogP contribution in [0.25, 0.3) is 11.1 Å². The average molecular weight is 550 g/mol. The van der Waals surface area contributed by atoms with Crippen LogP contribution in [-0.2, 0) is 12.3 Å². The monoisotopic (exact) mass is 549 g/mol. The highest BCUT2D eigenvalue weighted by Crippen LogP contribution is 2.41. The number of nitrogens with zero attached hydrogens (tertiary/aromatic N) is 1. The van der Waals surface area contributed by atoms with E-state index in [2.05, 4.69) is 4.90 Å². The van der Waals surface area contributed by atoms with Gasteiger partial charge in [-0.1, -0.05) is 42.5 Å². The number of carbonyl (C=O) groups is 1. The zero-order valence-corrected chi connectivity index (χ0v) is 22.6. The summed E-state index contributed by atoms with van der Waals surface area (Å²) >= 11 is 0. The number of fused-ring (bicyclic) bond motifs is 1. The quantitative estimate of drug-likeness (QED) is 0.299. The lowest BCUT2D eigenvalue weighted by molar-refractivity contribution is 0.0174. The largest absolute Gasteiger partial charge is 0.489 e. The molecule has 2 aliphatic rings. The highest BCUT2D eigenvalue weighted by Gasteiger charge is 2.26. The molecule has 5 rings (SSSR count). The minimum absolute atomic E-state index is 0.0322. The van der Waals surface area contributed by atoms with Crippen molar-refractivity contribution in [3.63, 3.8) is 0 Å². The first-order valence-electron chi connectivity index (χ1n) is 13.9. The Kier molecular flexibility index (Phi) is 8.31. The maximum absolute atomic E-state index is 13.9. The molecule has 210 valence electrons. The van der Waals surface area contributed by atoms with E-state index in [1.165, 1.54) is 12.1 Å². The number of carboxylic acids is 1. The van der Waals surface area contributed by atoms with Gasteiger partial charge in [-0.25, -0.2) is 13.6 Å². The smallest absolute Gasteiger partial charge is 0.335 e. The van der Waals surface area contributed by atoms with Crippen molar-refractivity contribution in [2.24, 2.45) is 0 Å². The molecule has 0 amide bonds. The normalized spacial score (nSPS) is 17.9. The van der Waals surface area contributed by atoms with E-state index in [0.717, 1.165) is 91.4 Å². The summed E-state index contributed by atoms with van der Waals surface area (Å²) in [5.41, 5.74) is 5.97. The Balaban J connectivity index is 1.50. The molecule has 40 heavy (non-hydrogen) atoms. The van der Waals surface area contributed by atoms with Crippen LogP contribution in [-0.4, -0.2) is 48.4 Å². The van der Waals surface area contributed by atoms with Gasteiger partial charge in [0.05, 0.1) is 12.2 Å². The topological polar surface area (TPSA) is 49.8 Å². The maximum Gasteiger partial charge on any atom is 0.335 e. The van der Waals surface area contributed by atoms with Crippen LogP contribution in [0.3, 0.4) is 0 Å². The lowest BCUT2D eigenvalue weighted by atomic mass is 9.87. The van der Waals surface area contributed by atoms with E-state index in [1.54, 1.807) is 24.3 Å². The van der Waals surface area contributed by atoms with Crippen molar-refractivity contribution in [1.29, 1.82) is 0 Å². The summed E-state index contributed by atoms with van der Waals surface area (Å²) in [7, 11) is 0. The van der Waals surface area contributed by atoms with Crippen LogP contribution in [0.1, 0.15) is 70.8 Å². The summed E-state index contributed by atoms with van der Waals surface area (Å²) in [4.78, 5) is 13.9. The summed E-state index contributed by atoms with van der Waals surface area (Å²) in [6, 6.07) is 19.6. The molecule has 1 fully saturated rings. The minimum Gasteiger partial charge on any atom is -0.489 e. The van der Waals surface area contributed by atoms with Gasteiger partial charge in [-0.3, -0.25) is 9.29 Å². The third kappa shape index (κ3) is 6.25. The van der Waals surface area contributed by atoms with Crippen molar-refractivity contribution in [3.8, 4) is 5.75 Å². The van der Waals surface area contributed by atoms with Crippen LogP contribution >= 0.6 is 0 Å². The van der Waals surface area contributed by atoms with Gasteiger partial charge in [0.2, 0.25) is 0 Å². The molecule has 0 radical (unpaired) electrons. The Hall–Kier alpha value is -3.58. The zero-order chi connectivity index (χ0) is 28.3. The van der Waals surface area contributed by atoms with E-state index in [0.29, 0.717) is 6.42 Å². The second kappa shape index (κ2) is 11.9. The second-order valence-corrected chi connectivity index (χ2v) is 10.7. The molecule has 1 atom stereocenters. The Morgan fingerprint density at radius 2 is 1.75 bits per heavy atom. The third-order valence-electron chi connectivity index (χ3n) is 7.82. The van der Waals surface area contributed by atoms with Crippen molar-refractivity contribution in [3.05, 3.63) is 100 Å². The highest BCUT2D eigenvalue weighted by molar-refractivity contribution is 6.00. The lowest BCUT2D eigenvalue weighted by Gasteiger charge is -2.19. The van der Waals surface area contributed by atoms with Gasteiger partial charge in [0.25, 0.3) is 5.92 Å². The molecule has 1 aliphatic heterocycles. The second-order valence-electron chi connectivity index (χ2n) is 10.7. The van der Waals surface area contributed by atoms with E-state index in [9.17, 15) is 23.1 Å². The number of likely N-dealkylation sites (tertiary alicyclic amines) is 1. The standard InChI is InChI=1S/C33H34F3NO3/c1-33(35,36)26-11-6-22(7-12-26)29-5-2-4-24-20-25(32(38)39)10-15-30(24)31(29)23-8-13-27(14-9-23)40-28-16-19-37(21-28)18-3-17-34/h6-15,20,28H,2-5,16-19,21H2,1H3,(H,38,39). The number of hydrogen-bond acceptors (Lipinski definition) is 3. The Bertz CT molecular complexity index is 1380. The number of ether oxygens (including phenoxy) is 1. The number of carboxylic acid groups (broad SMARTS) is 1. The fourth-order valence-electron chi connectivity index (χ4n) is 5.78. The van der Waals surface area contributed by atoms with Crippen LogP contribution in [0.4, 0.5) is 13.2 Å². The molecule has 4 nitrogen and oxygen atoms in total. The third-order valence-corrected chi connectivity index (χ3v) is 7.82. The van der Waals surface area contributed by atoms with Crippen molar-refractivity contribution < 1.29 is 27.8 Å². The molecule has 1 N–H and O–H groups in total. The summed E-state index contributed by atoms with van der Waals surface area (Å²) in [5.74, 6) is -3.13. The van der Waals surface area contributed by atoms with Crippen LogP contribution in [0, 0.1) is 0 Å². The fourth-order valence-corrected chi connectivity index (χ4v) is 5.78. The van der Waals surface area contributed by atoms with Crippen molar-refractivity contribution >= 4 is 17.1 Å². The zero-order valence-electron chi connectivity index (χ0n) is 22.6. The van der Waals surface area contributed by atoms with Gasteiger partial charge in [0, 0.05) is 32.1 Å². The Morgan fingerprint density at radius 1 is 1.02 bits per heavy atom. The molecule has 3 aromatic carbocycles. The summed E-state index contributed by atoms with van der Waals surface area (Å²) in [6.07, 6.45) is 3.75. The van der Waals surface area contributed by atoms with Gasteiger partial charge in [-0.15, -0.1) is 0 Å². The SMILES string of the molecule is CC(F)(F)c1ccc(C2=C(c3ccc(OC4CCN(CCCF)C4)cc3)c3ccc(C(=O)O)cc3CCC2)cc1. The molecule has 1 aliphatic carbocycles. The molecule has 0 bridgehead atoms. The van der Waals surface area contributed by atoms with E-state index >= 15 is 0 Å². The predicted molar refractivity (Wildman–Crippen MR) is 151 cm³/mol. The van der Waals surface area contributed by atoms with Gasteiger partial charge >= 0.3 is 5.97 Å². The van der Waals surface area contributed by atoms with Gasteiger partial charge in [-0.05, 0) is 89.8 Å². The number of aryl methyl sites for hydroxylation is 1. The molecule has 0 spiro atoms. The number of rotatable bonds is 9. The van der Waals surface area contributed by atoms with Gasteiger partial charge in [-0.2, -0.15) is 0 Å². The number of hydrogen-bond donors (Lipinski definition) is 1. The van der Waals surface area contributed by atoms with E-state index in [4.69, 9.17) is 4.74 Å². The van der Waals surface area contributed by atoms with Gasteiger partial charge in [0.15, 0.2) is 0 Å². The van der Waals surface area contributed by atoms with Crippen molar-refractivity contribution in [2.75, 3.05) is 26.3 Å². The van der Waals surface area contributed by atoms with Crippen LogP contribution < -0.4 is 4.74 Å². The van der Waals surface area contributed by atoms with Crippen molar-refractivity contribution in [1.82, 2.24) is 4.90 Å². The molecule has 1 heterocycles. The van der Waals surface area contributed by atoms with E-state index in [-0.39, 0.29) is 23.9 Å². The first-order chi connectivity index (χ1) is 19.2. The maximum atomic E-state index is 13.9. The summed E-state index contributed by atoms with van der Waals surface area (Å²) < 4.78 is 46.6. The molecular formula is C33H34F3NO3. The Morgan fingerprint density at radius 3 is 2.42 bits per heavy atom. The first-order valence-corrected chi connectivity index (χ1v) is 13.9. The molecular weight excluding hydrogens is 515 g/mol. The summed E-state index contributed by atoms with van der Waals surface area (Å²) in [5, 5.41) is 9.56. The molecule has 1 unspecified atom stereocenters. The molecule has 7 heteroatoms. The van der Waals surface area contributed by atoms with E-state index < -0.39 is 11.9 Å². The van der Waals surface area contributed by atoms with E-state index in [1.807, 2.05) is 30.3 Å². The van der Waals surface area contributed by atoms with Gasteiger partial charge in [0.1, 0.15) is 11.9 Å². The van der Waals surface area contributed by atoms with Crippen LogP contribution in [0.5, 0.6) is 5.75 Å². The highest BCUT2D eigenvalue weighted by atomic mass is 19.3. The van der Waals surface area contributed by atoms with Crippen LogP contribution in [0.2, 0.25) is 0 Å². The minimum atomic E-state index is -2.92. The number of aromatic carboxylic acids is 1. The number of alkyl halides is 3. The Labute approximate surface area is 233 Å². The van der Waals surface area contributed by atoms with Crippen molar-refractivity contribution in [2.45, 2.75) is 51.1 Å². The number of halogens is 3. The summed E-state index contributed by atoms with van der Waals surface area (Å²) in [6.45, 7) is 3.01. The molecule has 1 saturated heterocycles. The number of benzene rings is 3. The molecule has 3 aromatic rings. The number of allylic oxidation sites excluding steroid dienone is 1.